The molecule has 0 radical (unpaired) electrons. The van der Waals surface area contributed by atoms with Crippen molar-refractivity contribution in [1.29, 1.82) is 0 Å². The van der Waals surface area contributed by atoms with Gasteiger partial charge in [-0.15, -0.1) is 0 Å². The molecule has 2 aliphatic rings. The second-order valence-corrected chi connectivity index (χ2v) is 2.98. The van der Waals surface area contributed by atoms with E-state index in [-0.39, 0.29) is 0 Å². The van der Waals surface area contributed by atoms with Gasteiger partial charge in [-0.05, 0) is 25.8 Å². The molecule has 0 aromatic rings. The van der Waals surface area contributed by atoms with E-state index in [2.05, 4.69) is 23.5 Å². The summed E-state index contributed by atoms with van der Waals surface area (Å²) in [5.41, 5.74) is 1.61. The smallest absolute Gasteiger partial charge is 0.0465 e. The fourth-order valence-corrected chi connectivity index (χ4v) is 1.69. The lowest BCUT2D eigenvalue weighted by Gasteiger charge is -2.26. The molecular weight excluding hydrogens is 122 g/mol. The fourth-order valence-electron chi connectivity index (χ4n) is 1.69. The second-order valence-electron chi connectivity index (χ2n) is 2.98. The molecule has 1 fully saturated rings. The fraction of sp³-hybridized carbons (Fsp3) is 0.556. The standard InChI is InChI=1S/C9H13N/c1-2-6-9-8(4-1)5-3-7-10-9/h2,4,6,9-10H,1,3,5,7H2. The van der Waals surface area contributed by atoms with Gasteiger partial charge >= 0.3 is 0 Å². The molecule has 0 amide bonds. The number of nitrogens with one attached hydrogen (secondary N) is 1. The molecule has 1 unspecified atom stereocenters. The summed E-state index contributed by atoms with van der Waals surface area (Å²) in [7, 11) is 0. The van der Waals surface area contributed by atoms with Crippen molar-refractivity contribution in [3.8, 4) is 0 Å². The molecule has 0 spiro atoms. The van der Waals surface area contributed by atoms with Crippen LogP contribution in [0.15, 0.2) is 23.8 Å². The van der Waals surface area contributed by atoms with Gasteiger partial charge in [-0.2, -0.15) is 0 Å². The summed E-state index contributed by atoms with van der Waals surface area (Å²) in [5, 5.41) is 3.47. The van der Waals surface area contributed by atoms with E-state index < -0.39 is 0 Å². The van der Waals surface area contributed by atoms with Gasteiger partial charge in [-0.25, -0.2) is 0 Å². The third-order valence-electron chi connectivity index (χ3n) is 2.25. The van der Waals surface area contributed by atoms with Crippen LogP contribution in [0.5, 0.6) is 0 Å². The quantitative estimate of drug-likeness (QED) is 0.498. The Hall–Kier alpha value is -0.560. The van der Waals surface area contributed by atoms with Gasteiger partial charge in [-0.3, -0.25) is 0 Å². The third-order valence-corrected chi connectivity index (χ3v) is 2.25. The lowest BCUT2D eigenvalue weighted by atomic mass is 9.93. The van der Waals surface area contributed by atoms with Crippen molar-refractivity contribution in [3.63, 3.8) is 0 Å². The number of rotatable bonds is 0. The molecule has 2 rings (SSSR count). The van der Waals surface area contributed by atoms with Gasteiger partial charge in [0.25, 0.3) is 0 Å². The van der Waals surface area contributed by atoms with E-state index in [0.717, 1.165) is 6.42 Å². The molecule has 54 valence electrons. The van der Waals surface area contributed by atoms with Crippen molar-refractivity contribution in [2.45, 2.75) is 25.3 Å². The highest BCUT2D eigenvalue weighted by Crippen LogP contribution is 2.20. The Labute approximate surface area is 61.8 Å². The number of allylic oxidation sites excluding steroid dienone is 2. The number of hydrogen-bond donors (Lipinski definition) is 1. The largest absolute Gasteiger partial charge is 0.307 e. The molecule has 0 aromatic carbocycles. The minimum Gasteiger partial charge on any atom is -0.307 e. The van der Waals surface area contributed by atoms with E-state index >= 15 is 0 Å². The van der Waals surface area contributed by atoms with Crippen LogP contribution < -0.4 is 5.32 Å². The Bertz CT molecular complexity index is 179. The minimum atomic E-state index is 0.586. The van der Waals surface area contributed by atoms with Gasteiger partial charge in [-0.1, -0.05) is 23.8 Å². The Morgan fingerprint density at radius 3 is 3.40 bits per heavy atom. The molecule has 1 saturated heterocycles. The van der Waals surface area contributed by atoms with Crippen molar-refractivity contribution in [3.05, 3.63) is 23.8 Å². The van der Waals surface area contributed by atoms with Crippen LogP contribution >= 0.6 is 0 Å². The van der Waals surface area contributed by atoms with Crippen LogP contribution in [0.3, 0.4) is 0 Å². The molecule has 1 aliphatic heterocycles. The monoisotopic (exact) mass is 135 g/mol. The average Bonchev–Trinajstić information content (AvgIpc) is 2.05. The Balaban J connectivity index is 2.13. The molecule has 1 N–H and O–H groups in total. The first-order valence-electron chi connectivity index (χ1n) is 4.06. The first-order chi connectivity index (χ1) is 4.97. The van der Waals surface area contributed by atoms with Crippen molar-refractivity contribution in [2.75, 3.05) is 6.54 Å². The average molecular weight is 135 g/mol. The lowest BCUT2D eigenvalue weighted by Crippen LogP contribution is -2.35. The molecule has 0 bridgehead atoms. The molecule has 1 nitrogen and oxygen atoms in total. The maximum absolute atomic E-state index is 3.47. The maximum Gasteiger partial charge on any atom is 0.0465 e. The molecule has 0 saturated carbocycles. The Kier molecular flexibility index (Phi) is 1.60. The molecular formula is C9H13N. The zero-order valence-corrected chi connectivity index (χ0v) is 6.14. The summed E-state index contributed by atoms with van der Waals surface area (Å²) in [5.74, 6) is 0. The van der Waals surface area contributed by atoms with Gasteiger partial charge in [0.05, 0.1) is 0 Å². The molecule has 0 aromatic heterocycles. The zero-order valence-electron chi connectivity index (χ0n) is 6.14. The van der Waals surface area contributed by atoms with E-state index in [1.807, 2.05) is 0 Å². The summed E-state index contributed by atoms with van der Waals surface area (Å²) in [6, 6.07) is 0.586. The van der Waals surface area contributed by atoms with Gasteiger partial charge in [0.15, 0.2) is 0 Å². The van der Waals surface area contributed by atoms with Crippen molar-refractivity contribution >= 4 is 0 Å². The topological polar surface area (TPSA) is 12.0 Å². The molecule has 10 heavy (non-hydrogen) atoms. The minimum absolute atomic E-state index is 0.586. The Morgan fingerprint density at radius 1 is 1.50 bits per heavy atom. The number of hydrogen-bond acceptors (Lipinski definition) is 1. The highest BCUT2D eigenvalue weighted by atomic mass is 14.9. The second kappa shape index (κ2) is 2.59. The number of fused-ring (bicyclic) bond motifs is 1. The van der Waals surface area contributed by atoms with Crippen LogP contribution in [0, 0.1) is 0 Å². The van der Waals surface area contributed by atoms with E-state index in [1.54, 1.807) is 5.57 Å². The lowest BCUT2D eigenvalue weighted by molar-refractivity contribution is 0.541. The third kappa shape index (κ3) is 1.01. The maximum atomic E-state index is 3.47. The van der Waals surface area contributed by atoms with E-state index in [9.17, 15) is 0 Å². The van der Waals surface area contributed by atoms with E-state index in [4.69, 9.17) is 0 Å². The summed E-state index contributed by atoms with van der Waals surface area (Å²) in [4.78, 5) is 0. The van der Waals surface area contributed by atoms with Crippen LogP contribution in [-0.2, 0) is 0 Å². The van der Waals surface area contributed by atoms with Crippen LogP contribution in [0.4, 0.5) is 0 Å². The molecule has 1 heterocycles. The van der Waals surface area contributed by atoms with Crippen LogP contribution in [0.2, 0.25) is 0 Å². The highest BCUT2D eigenvalue weighted by molar-refractivity contribution is 5.25. The van der Waals surface area contributed by atoms with Gasteiger partial charge in [0.1, 0.15) is 0 Å². The van der Waals surface area contributed by atoms with Crippen molar-refractivity contribution in [2.24, 2.45) is 0 Å². The first kappa shape index (κ1) is 6.17. The Morgan fingerprint density at radius 2 is 2.50 bits per heavy atom. The zero-order chi connectivity index (χ0) is 6.81. The van der Waals surface area contributed by atoms with E-state index in [0.29, 0.717) is 6.04 Å². The summed E-state index contributed by atoms with van der Waals surface area (Å²) in [6.45, 7) is 1.19. The SMILES string of the molecule is C1=CC2NCCCC2=CC1. The predicted octanol–water partition coefficient (Wildman–Crippen LogP) is 1.62. The normalized spacial score (nSPS) is 31.2. The summed E-state index contributed by atoms with van der Waals surface area (Å²) in [6.07, 6.45) is 10.7. The number of piperidine rings is 1. The molecule has 1 aliphatic carbocycles. The van der Waals surface area contributed by atoms with Crippen molar-refractivity contribution < 1.29 is 0 Å². The van der Waals surface area contributed by atoms with Gasteiger partial charge in [0.2, 0.25) is 0 Å². The molecule has 1 atom stereocenters. The predicted molar refractivity (Wildman–Crippen MR) is 42.9 cm³/mol. The van der Waals surface area contributed by atoms with E-state index in [1.165, 1.54) is 19.4 Å². The summed E-state index contributed by atoms with van der Waals surface area (Å²) >= 11 is 0. The van der Waals surface area contributed by atoms with Crippen LogP contribution in [0.1, 0.15) is 19.3 Å². The van der Waals surface area contributed by atoms with Crippen LogP contribution in [-0.4, -0.2) is 12.6 Å². The highest BCUT2D eigenvalue weighted by Gasteiger charge is 2.15. The van der Waals surface area contributed by atoms with Crippen LogP contribution in [0.25, 0.3) is 0 Å². The van der Waals surface area contributed by atoms with Crippen molar-refractivity contribution in [1.82, 2.24) is 5.32 Å². The van der Waals surface area contributed by atoms with Gasteiger partial charge < -0.3 is 5.32 Å². The molecule has 1 heteroatoms. The van der Waals surface area contributed by atoms with Gasteiger partial charge in [0, 0.05) is 6.04 Å². The first-order valence-corrected chi connectivity index (χ1v) is 4.06. The summed E-state index contributed by atoms with van der Waals surface area (Å²) < 4.78 is 0.